The first-order valence-electron chi connectivity index (χ1n) is 12.3. The molecule has 9 nitrogen and oxygen atoms in total. The van der Waals surface area contributed by atoms with Crippen LogP contribution in [0, 0.1) is 17.8 Å². The number of carbonyl (C=O) groups is 4. The molecule has 0 spiro atoms. The Morgan fingerprint density at radius 1 is 0.971 bits per heavy atom. The zero-order valence-corrected chi connectivity index (χ0v) is 21.9. The molecule has 1 aromatic rings. The lowest BCUT2D eigenvalue weighted by Crippen LogP contribution is -2.45. The largest absolute Gasteiger partial charge is 0.461 e. The number of ketones is 1. The van der Waals surface area contributed by atoms with Crippen LogP contribution >= 0.6 is 0 Å². The molecule has 0 aliphatic rings. The summed E-state index contributed by atoms with van der Waals surface area (Å²) in [6, 6.07) is 6.20. The average Bonchev–Trinajstić information content (AvgIpc) is 2.77. The van der Waals surface area contributed by atoms with Gasteiger partial charge in [0.1, 0.15) is 6.61 Å². The number of carbonyl (C=O) groups excluding carboxylic acids is 4. The number of primary amides is 1. The van der Waals surface area contributed by atoms with E-state index in [1.807, 2.05) is 27.7 Å². The highest BCUT2D eigenvalue weighted by Crippen LogP contribution is 2.19. The average molecular weight is 491 g/mol. The summed E-state index contributed by atoms with van der Waals surface area (Å²) in [6.45, 7) is 11.9. The van der Waals surface area contributed by atoms with Gasteiger partial charge in [0, 0.05) is 30.6 Å². The highest BCUT2D eigenvalue weighted by Gasteiger charge is 2.28. The number of Topliss-reactive ketones (excluding diaryl/α,β-unsaturated/α-hetero) is 1. The maximum absolute atomic E-state index is 13.1. The lowest BCUT2D eigenvalue weighted by Gasteiger charge is -2.25. The molecule has 9 heteroatoms. The second-order valence-electron chi connectivity index (χ2n) is 9.79. The van der Waals surface area contributed by atoms with E-state index in [-0.39, 0.29) is 54.6 Å². The van der Waals surface area contributed by atoms with Gasteiger partial charge in [0.2, 0.25) is 5.91 Å². The molecule has 0 radical (unpaired) electrons. The smallest absolute Gasteiger partial charge is 0.312 e. The van der Waals surface area contributed by atoms with Crippen molar-refractivity contribution in [3.05, 3.63) is 29.8 Å². The van der Waals surface area contributed by atoms with E-state index in [1.165, 1.54) is 0 Å². The van der Waals surface area contributed by atoms with Gasteiger partial charge in [-0.2, -0.15) is 0 Å². The van der Waals surface area contributed by atoms with Crippen molar-refractivity contribution in [2.75, 3.05) is 11.9 Å². The topological polar surface area (TPSA) is 140 Å². The third-order valence-electron chi connectivity index (χ3n) is 5.45. The SMILES string of the molecule is CC(C)N[C@H](C(=O)C[C@@H](CCCNC(N)=O)C(=O)Nc1ccc(COC(=O)C(C)C)cc1)C(C)C. The maximum Gasteiger partial charge on any atom is 0.312 e. The summed E-state index contributed by atoms with van der Waals surface area (Å²) in [7, 11) is 0. The molecule has 3 amide bonds. The molecule has 0 unspecified atom stereocenters. The molecular weight excluding hydrogens is 448 g/mol. The number of benzene rings is 1. The molecule has 0 saturated heterocycles. The quantitative estimate of drug-likeness (QED) is 0.220. The summed E-state index contributed by atoms with van der Waals surface area (Å²) < 4.78 is 5.22. The van der Waals surface area contributed by atoms with E-state index in [4.69, 9.17) is 10.5 Å². The van der Waals surface area contributed by atoms with Crippen LogP contribution in [0.25, 0.3) is 0 Å². The number of ether oxygens (including phenoxy) is 1. The maximum atomic E-state index is 13.1. The highest BCUT2D eigenvalue weighted by molar-refractivity contribution is 5.96. The van der Waals surface area contributed by atoms with Crippen LogP contribution in [0.15, 0.2) is 24.3 Å². The summed E-state index contributed by atoms with van der Waals surface area (Å²) in [5, 5.41) is 8.70. The third kappa shape index (κ3) is 11.8. The van der Waals surface area contributed by atoms with Crippen molar-refractivity contribution >= 4 is 29.4 Å². The van der Waals surface area contributed by atoms with Gasteiger partial charge in [-0.3, -0.25) is 14.4 Å². The first-order valence-corrected chi connectivity index (χ1v) is 12.3. The van der Waals surface area contributed by atoms with Crippen LogP contribution in [0.4, 0.5) is 10.5 Å². The summed E-state index contributed by atoms with van der Waals surface area (Å²) in [5.41, 5.74) is 6.51. The van der Waals surface area contributed by atoms with Crippen molar-refractivity contribution in [1.29, 1.82) is 0 Å². The van der Waals surface area contributed by atoms with Gasteiger partial charge in [-0.05, 0) is 36.5 Å². The Hall–Kier alpha value is -2.94. The van der Waals surface area contributed by atoms with E-state index in [0.717, 1.165) is 5.56 Å². The molecule has 0 heterocycles. The molecule has 0 aromatic heterocycles. The van der Waals surface area contributed by atoms with E-state index in [1.54, 1.807) is 38.1 Å². The fourth-order valence-corrected chi connectivity index (χ4v) is 3.52. The minimum absolute atomic E-state index is 0.0148. The van der Waals surface area contributed by atoms with Gasteiger partial charge in [-0.15, -0.1) is 0 Å². The first-order chi connectivity index (χ1) is 16.4. The highest BCUT2D eigenvalue weighted by atomic mass is 16.5. The van der Waals surface area contributed by atoms with Crippen LogP contribution in [-0.4, -0.2) is 42.3 Å². The van der Waals surface area contributed by atoms with Gasteiger partial charge in [0.25, 0.3) is 0 Å². The van der Waals surface area contributed by atoms with E-state index in [2.05, 4.69) is 16.0 Å². The zero-order valence-electron chi connectivity index (χ0n) is 21.9. The summed E-state index contributed by atoms with van der Waals surface area (Å²) >= 11 is 0. The van der Waals surface area contributed by atoms with Crippen LogP contribution in [-0.2, 0) is 25.7 Å². The fourth-order valence-electron chi connectivity index (χ4n) is 3.52. The van der Waals surface area contributed by atoms with Gasteiger partial charge in [0.05, 0.1) is 12.0 Å². The van der Waals surface area contributed by atoms with E-state index < -0.39 is 11.9 Å². The Morgan fingerprint density at radius 3 is 2.11 bits per heavy atom. The van der Waals surface area contributed by atoms with Gasteiger partial charge in [0.15, 0.2) is 5.78 Å². The van der Waals surface area contributed by atoms with Crippen LogP contribution in [0.1, 0.15) is 66.4 Å². The van der Waals surface area contributed by atoms with Crippen molar-refractivity contribution in [3.8, 4) is 0 Å². The molecule has 5 N–H and O–H groups in total. The number of hydrogen-bond acceptors (Lipinski definition) is 6. The van der Waals surface area contributed by atoms with Crippen molar-refractivity contribution in [1.82, 2.24) is 10.6 Å². The Kier molecular flexibility index (Phi) is 13.0. The number of rotatable bonds is 15. The minimum atomic E-state index is -0.623. The monoisotopic (exact) mass is 490 g/mol. The molecule has 0 fully saturated rings. The number of amides is 3. The predicted molar refractivity (Wildman–Crippen MR) is 137 cm³/mol. The molecule has 35 heavy (non-hydrogen) atoms. The molecule has 0 aliphatic carbocycles. The Balaban J connectivity index is 2.85. The lowest BCUT2D eigenvalue weighted by atomic mass is 9.89. The lowest BCUT2D eigenvalue weighted by molar-refractivity contribution is -0.148. The van der Waals surface area contributed by atoms with Crippen molar-refractivity contribution < 1.29 is 23.9 Å². The number of nitrogens with one attached hydrogen (secondary N) is 3. The van der Waals surface area contributed by atoms with Gasteiger partial charge >= 0.3 is 12.0 Å². The first kappa shape index (κ1) is 30.1. The molecule has 1 rings (SSSR count). The number of esters is 1. The summed E-state index contributed by atoms with van der Waals surface area (Å²) in [4.78, 5) is 48.8. The Bertz CT molecular complexity index is 837. The van der Waals surface area contributed by atoms with E-state index in [0.29, 0.717) is 25.1 Å². The Labute approximate surface area is 208 Å². The van der Waals surface area contributed by atoms with Crippen LogP contribution < -0.4 is 21.7 Å². The summed E-state index contributed by atoms with van der Waals surface area (Å²) in [5.74, 6) is -1.21. The molecule has 196 valence electrons. The van der Waals surface area contributed by atoms with E-state index >= 15 is 0 Å². The third-order valence-corrected chi connectivity index (χ3v) is 5.45. The number of urea groups is 1. The standard InChI is InChI=1S/C26H42N4O5/c1-16(2)23(29-18(5)6)22(31)14-20(8-7-13-28-26(27)34)24(32)30-21-11-9-19(10-12-21)15-35-25(33)17(3)4/h9-12,16-18,20,23,29H,7-8,13-15H2,1-6H3,(H,30,32)(H3,27,28,34)/t20-,23+/m1/s1. The predicted octanol–water partition coefficient (Wildman–Crippen LogP) is 3.37. The Morgan fingerprint density at radius 2 is 1.60 bits per heavy atom. The molecule has 0 bridgehead atoms. The van der Waals surface area contributed by atoms with E-state index in [9.17, 15) is 19.2 Å². The molecule has 2 atom stereocenters. The zero-order chi connectivity index (χ0) is 26.5. The fraction of sp³-hybridized carbons (Fsp3) is 0.615. The number of anilines is 1. The number of hydrogen-bond donors (Lipinski definition) is 4. The van der Waals surface area contributed by atoms with Gasteiger partial charge < -0.3 is 26.4 Å². The van der Waals surface area contributed by atoms with Gasteiger partial charge in [-0.1, -0.05) is 53.7 Å². The number of nitrogens with two attached hydrogens (primary N) is 1. The molecule has 1 aromatic carbocycles. The van der Waals surface area contributed by atoms with Crippen LogP contribution in [0.2, 0.25) is 0 Å². The van der Waals surface area contributed by atoms with Crippen LogP contribution in [0.5, 0.6) is 0 Å². The van der Waals surface area contributed by atoms with Crippen molar-refractivity contribution in [2.45, 2.75) is 79.5 Å². The second-order valence-corrected chi connectivity index (χ2v) is 9.79. The minimum Gasteiger partial charge on any atom is -0.461 e. The molecule has 0 saturated carbocycles. The van der Waals surface area contributed by atoms with Crippen molar-refractivity contribution in [2.24, 2.45) is 23.5 Å². The van der Waals surface area contributed by atoms with Crippen molar-refractivity contribution in [3.63, 3.8) is 0 Å². The normalized spacial score (nSPS) is 12.9. The molecule has 0 aliphatic heterocycles. The summed E-state index contributed by atoms with van der Waals surface area (Å²) in [6.07, 6.45) is 1.03. The second kappa shape index (κ2) is 15.1. The molecular formula is C26H42N4O5. The van der Waals surface area contributed by atoms with Gasteiger partial charge in [-0.25, -0.2) is 4.79 Å². The van der Waals surface area contributed by atoms with Crippen LogP contribution in [0.3, 0.4) is 0 Å².